The monoisotopic (exact) mass is 465 g/mol. The number of aromatic amines is 2. The largest absolute Gasteiger partial charge is 0.369 e. The van der Waals surface area contributed by atoms with Crippen LogP contribution in [0.25, 0.3) is 11.0 Å². The molecule has 1 atom stereocenters. The number of nitrogens with zero attached hydrogens (tertiary/aromatic N) is 1. The Balaban J connectivity index is 1.67. The molecule has 0 unspecified atom stereocenters. The van der Waals surface area contributed by atoms with Gasteiger partial charge in [-0.3, -0.25) is 19.4 Å². The fourth-order valence-corrected chi connectivity index (χ4v) is 3.80. The van der Waals surface area contributed by atoms with E-state index in [0.717, 1.165) is 11.1 Å². The van der Waals surface area contributed by atoms with Crippen LogP contribution in [0.15, 0.2) is 35.3 Å². The minimum absolute atomic E-state index is 0.0262. The van der Waals surface area contributed by atoms with Crippen molar-refractivity contribution in [3.8, 4) is 0 Å². The van der Waals surface area contributed by atoms with Gasteiger partial charge in [0.2, 0.25) is 5.95 Å². The quantitative estimate of drug-likeness (QED) is 0.381. The summed E-state index contributed by atoms with van der Waals surface area (Å²) in [7, 11) is 0. The molecule has 5 N–H and O–H groups in total. The lowest BCUT2D eigenvalue weighted by Gasteiger charge is -2.25. The van der Waals surface area contributed by atoms with E-state index in [1.807, 2.05) is 12.1 Å². The molecular formula is C25H31N5O4. The topological polar surface area (TPSA) is 151 Å². The summed E-state index contributed by atoms with van der Waals surface area (Å²) < 4.78 is 0. The molecule has 0 saturated carbocycles. The SMILES string of the molecule is CC(=O)CC[C@H](NC(=O)c1ccc(CCc2c[nH]c3nc(N)[nH]c(=O)c23)cc1)C(=O)C(C)(C)C. The third-order valence-electron chi connectivity index (χ3n) is 5.69. The Morgan fingerprint density at radius 1 is 1.12 bits per heavy atom. The van der Waals surface area contributed by atoms with Crippen LogP contribution in [0.3, 0.4) is 0 Å². The molecule has 0 spiro atoms. The molecule has 3 rings (SSSR count). The molecule has 2 aromatic heterocycles. The Labute approximate surface area is 197 Å². The predicted molar refractivity (Wildman–Crippen MR) is 131 cm³/mol. The van der Waals surface area contributed by atoms with Crippen molar-refractivity contribution in [1.29, 1.82) is 0 Å². The van der Waals surface area contributed by atoms with Gasteiger partial charge in [0.05, 0.1) is 11.4 Å². The summed E-state index contributed by atoms with van der Waals surface area (Å²) >= 11 is 0. The Morgan fingerprint density at radius 3 is 2.41 bits per heavy atom. The number of carbonyl (C=O) groups excluding carboxylic acids is 3. The molecule has 34 heavy (non-hydrogen) atoms. The smallest absolute Gasteiger partial charge is 0.262 e. The number of nitrogens with two attached hydrogens (primary N) is 1. The van der Waals surface area contributed by atoms with E-state index in [4.69, 9.17) is 5.73 Å². The lowest BCUT2D eigenvalue weighted by Crippen LogP contribution is -2.45. The molecule has 0 fully saturated rings. The molecule has 2 heterocycles. The average Bonchev–Trinajstić information content (AvgIpc) is 3.17. The molecule has 0 aliphatic rings. The van der Waals surface area contributed by atoms with Gasteiger partial charge in [-0.15, -0.1) is 0 Å². The molecule has 0 bridgehead atoms. The number of Topliss-reactive ketones (excluding diaryl/α,β-unsaturated/α-hetero) is 2. The van der Waals surface area contributed by atoms with Crippen LogP contribution < -0.4 is 16.6 Å². The van der Waals surface area contributed by atoms with Gasteiger partial charge in [-0.05, 0) is 49.4 Å². The van der Waals surface area contributed by atoms with Crippen molar-refractivity contribution in [2.75, 3.05) is 5.73 Å². The number of ketones is 2. The number of anilines is 1. The Morgan fingerprint density at radius 2 is 1.79 bits per heavy atom. The maximum Gasteiger partial charge on any atom is 0.262 e. The van der Waals surface area contributed by atoms with Crippen molar-refractivity contribution >= 4 is 34.5 Å². The Bertz CT molecular complexity index is 1270. The first-order chi connectivity index (χ1) is 16.0. The first kappa shape index (κ1) is 24.9. The summed E-state index contributed by atoms with van der Waals surface area (Å²) in [5.74, 6) is -0.428. The highest BCUT2D eigenvalue weighted by molar-refractivity contribution is 5.99. The van der Waals surface area contributed by atoms with E-state index in [2.05, 4.69) is 20.3 Å². The summed E-state index contributed by atoms with van der Waals surface area (Å²) in [6, 6.07) is 6.39. The normalized spacial score (nSPS) is 12.5. The summed E-state index contributed by atoms with van der Waals surface area (Å²) in [4.78, 5) is 58.8. The highest BCUT2D eigenvalue weighted by Crippen LogP contribution is 2.20. The van der Waals surface area contributed by atoms with E-state index in [1.165, 1.54) is 6.92 Å². The Kier molecular flexibility index (Phi) is 7.34. The summed E-state index contributed by atoms with van der Waals surface area (Å²) in [6.45, 7) is 6.86. The van der Waals surface area contributed by atoms with Crippen molar-refractivity contribution in [3.05, 3.63) is 57.5 Å². The van der Waals surface area contributed by atoms with Crippen LogP contribution in [-0.4, -0.2) is 38.5 Å². The second kappa shape index (κ2) is 10.0. The van der Waals surface area contributed by atoms with Crippen LogP contribution in [0, 0.1) is 5.41 Å². The zero-order valence-corrected chi connectivity index (χ0v) is 20.0. The molecule has 1 aromatic carbocycles. The molecule has 9 heteroatoms. The third-order valence-corrected chi connectivity index (χ3v) is 5.69. The van der Waals surface area contributed by atoms with Gasteiger partial charge in [0.1, 0.15) is 11.4 Å². The van der Waals surface area contributed by atoms with Crippen molar-refractivity contribution in [2.45, 2.75) is 59.4 Å². The van der Waals surface area contributed by atoms with Gasteiger partial charge in [0.25, 0.3) is 11.5 Å². The molecule has 0 aliphatic carbocycles. The second-order valence-corrected chi connectivity index (χ2v) is 9.57. The fraction of sp³-hybridized carbons (Fsp3) is 0.400. The summed E-state index contributed by atoms with van der Waals surface area (Å²) in [6.07, 6.45) is 3.52. The average molecular weight is 466 g/mol. The number of carbonyl (C=O) groups is 3. The third kappa shape index (κ3) is 5.98. The van der Waals surface area contributed by atoms with E-state index in [0.29, 0.717) is 29.4 Å². The second-order valence-electron chi connectivity index (χ2n) is 9.57. The fourth-order valence-electron chi connectivity index (χ4n) is 3.80. The van der Waals surface area contributed by atoms with Gasteiger partial charge < -0.3 is 20.8 Å². The van der Waals surface area contributed by atoms with Gasteiger partial charge in [0, 0.05) is 23.6 Å². The maximum absolute atomic E-state index is 12.8. The maximum atomic E-state index is 12.8. The first-order valence-corrected chi connectivity index (χ1v) is 11.2. The number of hydrogen-bond donors (Lipinski definition) is 4. The molecule has 0 radical (unpaired) electrons. The van der Waals surface area contributed by atoms with Crippen molar-refractivity contribution < 1.29 is 14.4 Å². The molecule has 180 valence electrons. The van der Waals surface area contributed by atoms with Crippen molar-refractivity contribution in [2.24, 2.45) is 5.41 Å². The van der Waals surface area contributed by atoms with E-state index in [1.54, 1.807) is 39.1 Å². The highest BCUT2D eigenvalue weighted by atomic mass is 16.2. The lowest BCUT2D eigenvalue weighted by molar-refractivity contribution is -0.128. The highest BCUT2D eigenvalue weighted by Gasteiger charge is 2.31. The number of fused-ring (bicyclic) bond motifs is 1. The van der Waals surface area contributed by atoms with Crippen LogP contribution in [0.1, 0.15) is 62.0 Å². The number of amides is 1. The van der Waals surface area contributed by atoms with Crippen molar-refractivity contribution in [1.82, 2.24) is 20.3 Å². The van der Waals surface area contributed by atoms with Gasteiger partial charge >= 0.3 is 0 Å². The van der Waals surface area contributed by atoms with Crippen LogP contribution in [0.4, 0.5) is 5.95 Å². The van der Waals surface area contributed by atoms with Crippen molar-refractivity contribution in [3.63, 3.8) is 0 Å². The van der Waals surface area contributed by atoms with Gasteiger partial charge in [0.15, 0.2) is 5.78 Å². The standard InChI is InChI=1S/C25H31N5O4/c1-14(31)5-12-18(20(32)25(2,3)4)28-22(33)16-9-6-15(7-10-16)8-11-17-13-27-21-19(17)23(34)30-24(26)29-21/h6-7,9-10,13,18H,5,8,11-12H2,1-4H3,(H,28,33)(H4,26,27,29,30,34)/t18-/m0/s1. The summed E-state index contributed by atoms with van der Waals surface area (Å²) in [5, 5.41) is 3.29. The number of aryl methyl sites for hydroxylation is 2. The van der Waals surface area contributed by atoms with Crippen LogP contribution in [-0.2, 0) is 22.4 Å². The summed E-state index contributed by atoms with van der Waals surface area (Å²) in [5.41, 5.74) is 7.37. The lowest BCUT2D eigenvalue weighted by atomic mass is 9.84. The van der Waals surface area contributed by atoms with Gasteiger partial charge in [-0.25, -0.2) is 0 Å². The Hall–Kier alpha value is -3.75. The number of nitrogens with one attached hydrogen (secondary N) is 3. The van der Waals surface area contributed by atoms with Crippen LogP contribution in [0.2, 0.25) is 0 Å². The van der Waals surface area contributed by atoms with Crippen LogP contribution >= 0.6 is 0 Å². The minimum atomic E-state index is -0.723. The molecule has 3 aromatic rings. The zero-order valence-electron chi connectivity index (χ0n) is 20.0. The zero-order chi connectivity index (χ0) is 25.0. The first-order valence-electron chi connectivity index (χ1n) is 11.2. The van der Waals surface area contributed by atoms with E-state index < -0.39 is 11.5 Å². The predicted octanol–water partition coefficient (Wildman–Crippen LogP) is 2.70. The van der Waals surface area contributed by atoms with Gasteiger partial charge in [-0.1, -0.05) is 32.9 Å². The van der Waals surface area contributed by atoms with E-state index in [9.17, 15) is 19.2 Å². The molecule has 1 amide bonds. The van der Waals surface area contributed by atoms with E-state index >= 15 is 0 Å². The minimum Gasteiger partial charge on any atom is -0.369 e. The van der Waals surface area contributed by atoms with Gasteiger partial charge in [-0.2, -0.15) is 4.98 Å². The number of benzene rings is 1. The molecule has 9 nitrogen and oxygen atoms in total. The molecular weight excluding hydrogens is 434 g/mol. The number of aromatic nitrogens is 3. The number of hydrogen-bond acceptors (Lipinski definition) is 6. The van der Waals surface area contributed by atoms with E-state index in [-0.39, 0.29) is 41.8 Å². The number of H-pyrrole nitrogens is 2. The van der Waals surface area contributed by atoms with Crippen LogP contribution in [0.5, 0.6) is 0 Å². The number of rotatable bonds is 9. The molecule has 0 aliphatic heterocycles. The number of nitrogen functional groups attached to an aromatic ring is 1. The molecule has 0 saturated heterocycles.